The smallest absolute Gasteiger partial charge is 0.251 e. The number of nitrogens with one attached hydrogen (secondary N) is 1. The fraction of sp³-hybridized carbons (Fsp3) is 0.105. The molecule has 0 saturated heterocycles. The van der Waals surface area contributed by atoms with Gasteiger partial charge in [0.05, 0.1) is 6.04 Å². The minimum Gasteiger partial charge on any atom is -0.346 e. The van der Waals surface area contributed by atoms with Crippen LogP contribution in [0.15, 0.2) is 72.8 Å². The summed E-state index contributed by atoms with van der Waals surface area (Å²) in [7, 11) is 0. The van der Waals surface area contributed by atoms with Gasteiger partial charge >= 0.3 is 0 Å². The van der Waals surface area contributed by atoms with Crippen LogP contribution in [0.5, 0.6) is 0 Å². The quantitative estimate of drug-likeness (QED) is 0.757. The second-order valence-electron chi connectivity index (χ2n) is 5.17. The average molecular weight is 275 g/mol. The Morgan fingerprint density at radius 3 is 2.29 bits per heavy atom. The summed E-state index contributed by atoms with van der Waals surface area (Å²) in [6.07, 6.45) is 0. The maximum Gasteiger partial charge on any atom is 0.251 e. The van der Waals surface area contributed by atoms with E-state index >= 15 is 0 Å². The van der Waals surface area contributed by atoms with Crippen molar-refractivity contribution in [2.45, 2.75) is 13.0 Å². The van der Waals surface area contributed by atoms with Crippen LogP contribution in [-0.4, -0.2) is 5.91 Å². The average Bonchev–Trinajstić information content (AvgIpc) is 2.55. The van der Waals surface area contributed by atoms with Gasteiger partial charge < -0.3 is 5.32 Å². The van der Waals surface area contributed by atoms with Gasteiger partial charge in [-0.1, -0.05) is 60.7 Å². The van der Waals surface area contributed by atoms with Crippen LogP contribution in [-0.2, 0) is 0 Å². The lowest BCUT2D eigenvalue weighted by molar-refractivity contribution is 0.0940. The molecule has 3 aromatic carbocycles. The molecule has 0 fully saturated rings. The zero-order valence-electron chi connectivity index (χ0n) is 11.9. The normalized spacial score (nSPS) is 12.0. The van der Waals surface area contributed by atoms with Gasteiger partial charge in [0.25, 0.3) is 5.91 Å². The van der Waals surface area contributed by atoms with Gasteiger partial charge in [-0.3, -0.25) is 4.79 Å². The summed E-state index contributed by atoms with van der Waals surface area (Å²) in [6, 6.07) is 23.8. The van der Waals surface area contributed by atoms with E-state index in [0.717, 1.165) is 16.3 Å². The number of carbonyl (C=O) groups is 1. The minimum atomic E-state index is -0.0443. The highest BCUT2D eigenvalue weighted by Crippen LogP contribution is 2.17. The molecular weight excluding hydrogens is 258 g/mol. The van der Waals surface area contributed by atoms with Gasteiger partial charge in [0.1, 0.15) is 0 Å². The molecule has 2 heteroatoms. The Kier molecular flexibility index (Phi) is 3.69. The van der Waals surface area contributed by atoms with Crippen LogP contribution in [0.1, 0.15) is 28.9 Å². The van der Waals surface area contributed by atoms with Gasteiger partial charge in [-0.2, -0.15) is 0 Å². The van der Waals surface area contributed by atoms with Gasteiger partial charge in [0.2, 0.25) is 0 Å². The van der Waals surface area contributed by atoms with Gasteiger partial charge in [-0.15, -0.1) is 0 Å². The van der Waals surface area contributed by atoms with Crippen LogP contribution in [0.2, 0.25) is 0 Å². The third-order valence-electron chi connectivity index (χ3n) is 3.66. The zero-order valence-corrected chi connectivity index (χ0v) is 11.9. The van der Waals surface area contributed by atoms with Crippen molar-refractivity contribution < 1.29 is 4.79 Å². The largest absolute Gasteiger partial charge is 0.346 e. The third-order valence-corrected chi connectivity index (χ3v) is 3.66. The van der Waals surface area contributed by atoms with Crippen molar-refractivity contribution in [1.29, 1.82) is 0 Å². The van der Waals surface area contributed by atoms with E-state index in [2.05, 4.69) is 5.32 Å². The highest BCUT2D eigenvalue weighted by molar-refractivity contribution is 5.98. The molecule has 0 aliphatic rings. The van der Waals surface area contributed by atoms with Gasteiger partial charge in [0.15, 0.2) is 0 Å². The van der Waals surface area contributed by atoms with Crippen LogP contribution in [0, 0.1) is 0 Å². The molecule has 0 aliphatic carbocycles. The van der Waals surface area contributed by atoms with E-state index < -0.39 is 0 Å². The molecule has 104 valence electrons. The lowest BCUT2D eigenvalue weighted by Gasteiger charge is -2.14. The SMILES string of the molecule is C[C@H](NC(=O)c1ccc2ccccc2c1)c1ccccc1. The maximum absolute atomic E-state index is 12.4. The molecule has 2 nitrogen and oxygen atoms in total. The number of benzene rings is 3. The van der Waals surface area contributed by atoms with E-state index in [0.29, 0.717) is 5.56 Å². The van der Waals surface area contributed by atoms with Crippen molar-refractivity contribution in [3.63, 3.8) is 0 Å². The molecule has 0 heterocycles. The first-order valence-electron chi connectivity index (χ1n) is 7.08. The number of fused-ring (bicyclic) bond motifs is 1. The first kappa shape index (κ1) is 13.4. The van der Waals surface area contributed by atoms with E-state index in [1.165, 1.54) is 0 Å². The van der Waals surface area contributed by atoms with Crippen LogP contribution in [0.4, 0.5) is 0 Å². The molecule has 0 radical (unpaired) electrons. The molecule has 0 saturated carbocycles. The maximum atomic E-state index is 12.4. The molecule has 0 bridgehead atoms. The Labute approximate surface area is 124 Å². The van der Waals surface area contributed by atoms with Crippen LogP contribution in [0.25, 0.3) is 10.8 Å². The van der Waals surface area contributed by atoms with Crippen LogP contribution >= 0.6 is 0 Å². The molecule has 0 spiro atoms. The van der Waals surface area contributed by atoms with Crippen molar-refractivity contribution in [2.24, 2.45) is 0 Å². The summed E-state index contributed by atoms with van der Waals surface area (Å²) >= 11 is 0. The molecule has 0 aliphatic heterocycles. The highest BCUT2D eigenvalue weighted by atomic mass is 16.1. The number of rotatable bonds is 3. The van der Waals surface area contributed by atoms with Crippen molar-refractivity contribution in [3.8, 4) is 0 Å². The molecular formula is C19H17NO. The summed E-state index contributed by atoms with van der Waals surface area (Å²) in [6.45, 7) is 1.99. The standard InChI is InChI=1S/C19H17NO/c1-14(15-7-3-2-4-8-15)20-19(21)18-12-11-16-9-5-6-10-17(16)13-18/h2-14H,1H3,(H,20,21)/t14-/m0/s1. The molecule has 1 atom stereocenters. The van der Waals surface area contributed by atoms with E-state index in [1.54, 1.807) is 0 Å². The summed E-state index contributed by atoms with van der Waals surface area (Å²) in [4.78, 5) is 12.4. The zero-order chi connectivity index (χ0) is 14.7. The third kappa shape index (κ3) is 2.95. The molecule has 1 amide bonds. The molecule has 0 unspecified atom stereocenters. The number of hydrogen-bond donors (Lipinski definition) is 1. The molecule has 0 aromatic heterocycles. The van der Waals surface area contributed by atoms with Crippen LogP contribution in [0.3, 0.4) is 0 Å². The minimum absolute atomic E-state index is 0.00910. The first-order valence-corrected chi connectivity index (χ1v) is 7.08. The Morgan fingerprint density at radius 2 is 1.52 bits per heavy atom. The van der Waals surface area contributed by atoms with Crippen molar-refractivity contribution in [2.75, 3.05) is 0 Å². The monoisotopic (exact) mass is 275 g/mol. The first-order chi connectivity index (χ1) is 10.2. The number of hydrogen-bond acceptors (Lipinski definition) is 1. The summed E-state index contributed by atoms with van der Waals surface area (Å²) in [5.41, 5.74) is 1.79. The van der Waals surface area contributed by atoms with E-state index in [4.69, 9.17) is 0 Å². The number of carbonyl (C=O) groups excluding carboxylic acids is 1. The molecule has 21 heavy (non-hydrogen) atoms. The van der Waals surface area contributed by atoms with Crippen LogP contribution < -0.4 is 5.32 Å². The van der Waals surface area contributed by atoms with Crippen molar-refractivity contribution in [1.82, 2.24) is 5.32 Å². The van der Waals surface area contributed by atoms with Gasteiger partial charge in [0, 0.05) is 5.56 Å². The van der Waals surface area contributed by atoms with Crippen molar-refractivity contribution in [3.05, 3.63) is 83.9 Å². The molecule has 3 aromatic rings. The molecule has 3 rings (SSSR count). The molecule has 1 N–H and O–H groups in total. The Morgan fingerprint density at radius 1 is 0.857 bits per heavy atom. The van der Waals surface area contributed by atoms with E-state index in [9.17, 15) is 4.79 Å². The second kappa shape index (κ2) is 5.80. The lowest BCUT2D eigenvalue weighted by atomic mass is 10.1. The van der Waals surface area contributed by atoms with E-state index in [1.807, 2.05) is 79.7 Å². The summed E-state index contributed by atoms with van der Waals surface area (Å²) in [5, 5.41) is 5.26. The van der Waals surface area contributed by atoms with Crippen molar-refractivity contribution >= 4 is 16.7 Å². The lowest BCUT2D eigenvalue weighted by Crippen LogP contribution is -2.26. The Balaban J connectivity index is 1.80. The van der Waals surface area contributed by atoms with Gasteiger partial charge in [-0.05, 0) is 35.4 Å². The summed E-state index contributed by atoms with van der Waals surface area (Å²) < 4.78 is 0. The fourth-order valence-corrected chi connectivity index (χ4v) is 2.44. The predicted octanol–water partition coefficient (Wildman–Crippen LogP) is 4.33. The Bertz CT molecular complexity index is 765. The fourth-order valence-electron chi connectivity index (χ4n) is 2.44. The highest BCUT2D eigenvalue weighted by Gasteiger charge is 2.11. The van der Waals surface area contributed by atoms with Gasteiger partial charge in [-0.25, -0.2) is 0 Å². The topological polar surface area (TPSA) is 29.1 Å². The summed E-state index contributed by atoms with van der Waals surface area (Å²) in [5.74, 6) is -0.0443. The number of amides is 1. The van der Waals surface area contributed by atoms with E-state index in [-0.39, 0.29) is 11.9 Å². The Hall–Kier alpha value is -2.61. The predicted molar refractivity (Wildman–Crippen MR) is 86.3 cm³/mol. The second-order valence-corrected chi connectivity index (χ2v) is 5.17.